The van der Waals surface area contributed by atoms with Crippen LogP contribution in [-0.4, -0.2) is 6.49 Å². The summed E-state index contributed by atoms with van der Waals surface area (Å²) in [5.74, 6) is 0. The van der Waals surface area contributed by atoms with Crippen molar-refractivity contribution < 1.29 is 0 Å². The van der Waals surface area contributed by atoms with Crippen LogP contribution in [0.4, 0.5) is 0 Å². The zero-order valence-corrected chi connectivity index (χ0v) is 22.4. The highest BCUT2D eigenvalue weighted by Crippen LogP contribution is 2.52. The summed E-state index contributed by atoms with van der Waals surface area (Å²) in [6, 6.07) is 15.8. The minimum Gasteiger partial charge on any atom is -0.0894 e. The summed E-state index contributed by atoms with van der Waals surface area (Å²) in [6.07, 6.45) is 0. The van der Waals surface area contributed by atoms with Crippen LogP contribution in [0.5, 0.6) is 0 Å². The average molecular weight is 696 g/mol. The number of rotatable bonds is 6. The molecule has 0 amide bonds. The second-order valence-corrected chi connectivity index (χ2v) is 15.0. The van der Waals surface area contributed by atoms with E-state index in [9.17, 15) is 0 Å². The first kappa shape index (κ1) is 23.2. The number of alkyl halides is 8. The van der Waals surface area contributed by atoms with E-state index in [-0.39, 0.29) is 9.65 Å². The molecule has 0 bridgehead atoms. The molecule has 0 spiro atoms. The molecule has 0 saturated carbocycles. The van der Waals surface area contributed by atoms with E-state index in [0.29, 0.717) is 0 Å². The second kappa shape index (κ2) is 9.58. The van der Waals surface area contributed by atoms with Gasteiger partial charge >= 0.3 is 0 Å². The molecule has 0 N–H and O–H groups in total. The predicted molar refractivity (Wildman–Crippen MR) is 127 cm³/mol. The van der Waals surface area contributed by atoms with Gasteiger partial charge in [0.1, 0.15) is 0 Å². The molecule has 136 valence electrons. The van der Waals surface area contributed by atoms with Gasteiger partial charge in [0, 0.05) is 9.79 Å². The third-order valence-electron chi connectivity index (χ3n) is 3.18. The number of hydrogen-bond acceptors (Lipinski definition) is 1. The molecule has 2 aromatic carbocycles. The Morgan fingerprint density at radius 3 is 1.32 bits per heavy atom. The van der Waals surface area contributed by atoms with Gasteiger partial charge in [0.2, 0.25) is 0 Å². The first-order chi connectivity index (χ1) is 11.5. The highest BCUT2D eigenvalue weighted by molar-refractivity contribution is 9.13. The monoisotopic (exact) mass is 690 g/mol. The van der Waals surface area contributed by atoms with Crippen molar-refractivity contribution in [1.82, 2.24) is 0 Å². The average Bonchev–Trinajstić information content (AvgIpc) is 2.53. The van der Waals surface area contributed by atoms with E-state index in [4.69, 9.17) is 46.4 Å². The Morgan fingerprint density at radius 1 is 0.680 bits per heavy atom. The van der Waals surface area contributed by atoms with Crippen LogP contribution in [0, 0.1) is 0 Å². The van der Waals surface area contributed by atoms with Gasteiger partial charge in [-0.1, -0.05) is 126 Å². The van der Waals surface area contributed by atoms with Crippen molar-refractivity contribution in [1.29, 1.82) is 0 Å². The first-order valence-electron chi connectivity index (χ1n) is 6.79. The highest BCUT2D eigenvalue weighted by Gasteiger charge is 2.34. The van der Waals surface area contributed by atoms with Gasteiger partial charge in [-0.15, -0.1) is 0 Å². The fraction of sp³-hybridized carbons (Fsp3) is 0.250. The van der Waals surface area contributed by atoms with Crippen molar-refractivity contribution in [2.75, 3.05) is 0 Å². The molecule has 0 heterocycles. The van der Waals surface area contributed by atoms with Crippen molar-refractivity contribution in [2.24, 2.45) is 0 Å². The Morgan fingerprint density at radius 2 is 1.00 bits per heavy atom. The summed E-state index contributed by atoms with van der Waals surface area (Å²) in [5.41, 5.74) is 1.94. The summed E-state index contributed by atoms with van der Waals surface area (Å²) in [5, 5.41) is 0. The number of halogens is 8. The van der Waals surface area contributed by atoms with E-state index in [0.717, 1.165) is 20.9 Å². The van der Waals surface area contributed by atoms with E-state index in [1.165, 1.54) is 0 Å². The maximum absolute atomic E-state index is 6.21. The third kappa shape index (κ3) is 6.43. The van der Waals surface area contributed by atoms with Crippen LogP contribution in [-0.2, 0) is 0 Å². The molecule has 0 aliphatic heterocycles. The Hall–Kier alpha value is 1.87. The van der Waals surface area contributed by atoms with Crippen molar-refractivity contribution in [3.05, 3.63) is 59.7 Å². The minimum absolute atomic E-state index is 0.296. The zero-order chi connectivity index (χ0) is 18.8. The molecule has 0 aromatic heterocycles. The maximum atomic E-state index is 6.21. The summed E-state index contributed by atoms with van der Waals surface area (Å²) in [6.45, 7) is 0. The van der Waals surface area contributed by atoms with Crippen molar-refractivity contribution in [3.8, 4) is 0 Å². The molecule has 0 saturated heterocycles. The van der Waals surface area contributed by atoms with Crippen LogP contribution in [0.1, 0.15) is 20.8 Å². The molecular weight excluding hydrogens is 686 g/mol. The first-order valence-corrected chi connectivity index (χ1v) is 12.5. The van der Waals surface area contributed by atoms with Crippen LogP contribution in [0.3, 0.4) is 0 Å². The van der Waals surface area contributed by atoms with Gasteiger partial charge in [0.25, 0.3) is 0 Å². The van der Waals surface area contributed by atoms with Crippen molar-refractivity contribution in [2.45, 2.75) is 25.9 Å². The van der Waals surface area contributed by atoms with Gasteiger partial charge in [-0.2, -0.15) is 0 Å². The molecular formula is C16H10Br4Cl4S. The molecule has 0 nitrogen and oxygen atoms in total. The maximum Gasteiger partial charge on any atom is 0.188 e. The summed E-state index contributed by atoms with van der Waals surface area (Å²) >= 11 is 40.2. The van der Waals surface area contributed by atoms with E-state index in [1.54, 1.807) is 11.8 Å². The number of benzene rings is 2. The molecule has 9 heteroatoms. The highest BCUT2D eigenvalue weighted by atomic mass is 79.9. The SMILES string of the molecule is ClC(Cl)(Br)C(Br)c1ccccc1Sc1ccccc1C(Br)C(Cl)(Cl)Br. The molecule has 0 radical (unpaired) electrons. The molecule has 2 aromatic rings. The Kier molecular flexibility index (Phi) is 8.87. The Balaban J connectivity index is 2.43. The summed E-state index contributed by atoms with van der Waals surface area (Å²) in [4.78, 5) is 1.45. The van der Waals surface area contributed by atoms with Gasteiger partial charge in [-0.3, -0.25) is 0 Å². The molecule has 0 aliphatic rings. The van der Waals surface area contributed by atoms with Gasteiger partial charge in [0.15, 0.2) is 6.49 Å². The van der Waals surface area contributed by atoms with E-state index < -0.39 is 6.49 Å². The fourth-order valence-corrected chi connectivity index (χ4v) is 5.24. The fourth-order valence-electron chi connectivity index (χ4n) is 2.04. The largest absolute Gasteiger partial charge is 0.188 e. The van der Waals surface area contributed by atoms with Crippen molar-refractivity contribution in [3.63, 3.8) is 0 Å². The van der Waals surface area contributed by atoms with Crippen LogP contribution in [0.25, 0.3) is 0 Å². The molecule has 0 fully saturated rings. The van der Waals surface area contributed by atoms with Gasteiger partial charge in [-0.05, 0) is 55.1 Å². The van der Waals surface area contributed by atoms with E-state index in [2.05, 4.69) is 63.7 Å². The Bertz CT molecular complexity index is 669. The molecule has 0 aliphatic carbocycles. The van der Waals surface area contributed by atoms with Gasteiger partial charge in [0.05, 0.1) is 9.65 Å². The lowest BCUT2D eigenvalue weighted by molar-refractivity contribution is 0.984. The van der Waals surface area contributed by atoms with E-state index >= 15 is 0 Å². The molecule has 25 heavy (non-hydrogen) atoms. The molecule has 2 unspecified atom stereocenters. The quantitative estimate of drug-likeness (QED) is 0.271. The third-order valence-corrected chi connectivity index (χ3v) is 10.8. The summed E-state index contributed by atoms with van der Waals surface area (Å²) < 4.78 is -2.25. The predicted octanol–water partition coefficient (Wildman–Crippen LogP) is 9.76. The van der Waals surface area contributed by atoms with E-state index in [1.807, 2.05) is 48.5 Å². The standard InChI is InChI=1S/C16H10Br4Cl4S/c17-13(15(19,21)22)9-5-1-3-7-11(9)25-12-8-4-2-6-10(12)14(18)16(20,23)24/h1-8,13-14H. The smallest absolute Gasteiger partial charge is 0.0894 e. The lowest BCUT2D eigenvalue weighted by Gasteiger charge is -2.24. The second-order valence-electron chi connectivity index (χ2n) is 4.99. The van der Waals surface area contributed by atoms with Gasteiger partial charge < -0.3 is 0 Å². The molecule has 2 atom stereocenters. The van der Waals surface area contributed by atoms with Gasteiger partial charge in [-0.25, -0.2) is 0 Å². The van der Waals surface area contributed by atoms with Crippen LogP contribution < -0.4 is 0 Å². The topological polar surface area (TPSA) is 0 Å². The minimum atomic E-state index is -1.13. The zero-order valence-electron chi connectivity index (χ0n) is 12.2. The van der Waals surface area contributed by atoms with Crippen molar-refractivity contribution >= 4 is 122 Å². The van der Waals surface area contributed by atoms with Crippen LogP contribution in [0.2, 0.25) is 0 Å². The molecule has 2 rings (SSSR count). The summed E-state index contributed by atoms with van der Waals surface area (Å²) in [7, 11) is 0. The number of hydrogen-bond donors (Lipinski definition) is 0. The Labute approximate surface area is 205 Å². The van der Waals surface area contributed by atoms with Crippen LogP contribution in [0.15, 0.2) is 58.3 Å². The van der Waals surface area contributed by atoms with Crippen LogP contribution >= 0.6 is 122 Å². The lowest BCUT2D eigenvalue weighted by Crippen LogP contribution is -2.12. The normalized spacial score (nSPS) is 15.0. The lowest BCUT2D eigenvalue weighted by atomic mass is 10.2.